The number of aromatic nitrogens is 1. The summed E-state index contributed by atoms with van der Waals surface area (Å²) in [4.78, 5) is 15.3. The molecule has 0 spiro atoms. The van der Waals surface area contributed by atoms with Crippen LogP contribution < -0.4 is 5.32 Å². The summed E-state index contributed by atoms with van der Waals surface area (Å²) < 4.78 is 4.84. The maximum atomic E-state index is 11.4. The largest absolute Gasteiger partial charge is 0.372 e. The van der Waals surface area contributed by atoms with E-state index in [0.29, 0.717) is 10.8 Å². The number of rotatable bonds is 3. The van der Waals surface area contributed by atoms with Crippen LogP contribution in [0.25, 0.3) is 0 Å². The third-order valence-electron chi connectivity index (χ3n) is 1.72. The van der Waals surface area contributed by atoms with E-state index in [9.17, 15) is 4.79 Å². The molecule has 4 nitrogen and oxygen atoms in total. The molecule has 0 radical (unpaired) electrons. The van der Waals surface area contributed by atoms with E-state index in [1.165, 1.54) is 7.11 Å². The van der Waals surface area contributed by atoms with Crippen molar-refractivity contribution in [1.82, 2.24) is 4.98 Å². The SMILES string of the molecule is COC(C)C(=O)Nc1ncccc1Cl. The van der Waals surface area contributed by atoms with E-state index in [1.807, 2.05) is 0 Å². The Morgan fingerprint density at radius 1 is 1.71 bits per heavy atom. The van der Waals surface area contributed by atoms with Gasteiger partial charge in [0, 0.05) is 13.3 Å². The lowest BCUT2D eigenvalue weighted by Gasteiger charge is -2.10. The number of carbonyl (C=O) groups is 1. The normalized spacial score (nSPS) is 12.2. The highest BCUT2D eigenvalue weighted by atomic mass is 35.5. The van der Waals surface area contributed by atoms with Crippen molar-refractivity contribution in [3.05, 3.63) is 23.4 Å². The second-order valence-corrected chi connectivity index (χ2v) is 3.11. The third kappa shape index (κ3) is 2.68. The van der Waals surface area contributed by atoms with Crippen LogP contribution in [0.2, 0.25) is 5.02 Å². The molecule has 1 atom stereocenters. The topological polar surface area (TPSA) is 51.2 Å². The molecule has 1 N–H and O–H groups in total. The summed E-state index contributed by atoms with van der Waals surface area (Å²) in [7, 11) is 1.46. The second kappa shape index (κ2) is 4.93. The highest BCUT2D eigenvalue weighted by Gasteiger charge is 2.13. The van der Waals surface area contributed by atoms with Crippen LogP contribution in [0, 0.1) is 0 Å². The molecule has 1 heterocycles. The van der Waals surface area contributed by atoms with E-state index in [4.69, 9.17) is 16.3 Å². The van der Waals surface area contributed by atoms with Crippen LogP contribution in [0.3, 0.4) is 0 Å². The van der Waals surface area contributed by atoms with Gasteiger partial charge in [-0.15, -0.1) is 0 Å². The molecule has 0 saturated heterocycles. The minimum atomic E-state index is -0.520. The Bertz CT molecular complexity index is 330. The average molecular weight is 215 g/mol. The molecule has 0 aliphatic carbocycles. The lowest BCUT2D eigenvalue weighted by Crippen LogP contribution is -2.27. The second-order valence-electron chi connectivity index (χ2n) is 2.70. The van der Waals surface area contributed by atoms with Crippen LogP contribution in [0.4, 0.5) is 5.82 Å². The van der Waals surface area contributed by atoms with Gasteiger partial charge in [0.05, 0.1) is 5.02 Å². The van der Waals surface area contributed by atoms with Crippen LogP contribution in [0.5, 0.6) is 0 Å². The van der Waals surface area contributed by atoms with Gasteiger partial charge in [-0.05, 0) is 19.1 Å². The summed E-state index contributed by atoms with van der Waals surface area (Å²) >= 11 is 5.80. The van der Waals surface area contributed by atoms with Crippen molar-refractivity contribution < 1.29 is 9.53 Å². The monoisotopic (exact) mass is 214 g/mol. The number of hydrogen-bond acceptors (Lipinski definition) is 3. The Hall–Kier alpha value is -1.13. The van der Waals surface area contributed by atoms with Crippen LogP contribution in [-0.4, -0.2) is 24.1 Å². The number of ether oxygens (including phenoxy) is 1. The van der Waals surface area contributed by atoms with Gasteiger partial charge >= 0.3 is 0 Å². The van der Waals surface area contributed by atoms with Gasteiger partial charge in [0.2, 0.25) is 0 Å². The zero-order valence-corrected chi connectivity index (χ0v) is 8.71. The highest BCUT2D eigenvalue weighted by molar-refractivity contribution is 6.33. The van der Waals surface area contributed by atoms with E-state index in [0.717, 1.165) is 0 Å². The van der Waals surface area contributed by atoms with E-state index in [-0.39, 0.29) is 5.91 Å². The highest BCUT2D eigenvalue weighted by Crippen LogP contribution is 2.17. The van der Waals surface area contributed by atoms with Crippen molar-refractivity contribution in [2.24, 2.45) is 0 Å². The minimum absolute atomic E-state index is 0.270. The van der Waals surface area contributed by atoms with E-state index in [2.05, 4.69) is 10.3 Å². The summed E-state index contributed by atoms with van der Waals surface area (Å²) in [6, 6.07) is 3.35. The zero-order chi connectivity index (χ0) is 10.6. The standard InChI is InChI=1S/C9H11ClN2O2/c1-6(14-2)9(13)12-8-7(10)4-3-5-11-8/h3-6H,1-2H3,(H,11,12,13). The Kier molecular flexibility index (Phi) is 3.85. The zero-order valence-electron chi connectivity index (χ0n) is 7.95. The van der Waals surface area contributed by atoms with E-state index < -0.39 is 6.10 Å². The lowest BCUT2D eigenvalue weighted by atomic mass is 10.3. The molecule has 1 unspecified atom stereocenters. The van der Waals surface area contributed by atoms with Gasteiger partial charge in [-0.3, -0.25) is 4.79 Å². The summed E-state index contributed by atoms with van der Waals surface area (Å²) in [6.07, 6.45) is 1.03. The van der Waals surface area contributed by atoms with Gasteiger partial charge in [-0.2, -0.15) is 0 Å². The minimum Gasteiger partial charge on any atom is -0.372 e. The van der Waals surface area contributed by atoms with Crippen LogP contribution in [0.1, 0.15) is 6.92 Å². The Morgan fingerprint density at radius 2 is 2.43 bits per heavy atom. The van der Waals surface area contributed by atoms with Gasteiger partial charge in [0.1, 0.15) is 6.10 Å². The van der Waals surface area contributed by atoms with Crippen molar-refractivity contribution in [2.75, 3.05) is 12.4 Å². The summed E-state index contributed by atoms with van der Waals surface area (Å²) in [5, 5.41) is 2.96. The lowest BCUT2D eigenvalue weighted by molar-refractivity contribution is -0.124. The van der Waals surface area contributed by atoms with Gasteiger partial charge in [0.25, 0.3) is 5.91 Å². The maximum Gasteiger partial charge on any atom is 0.254 e. The van der Waals surface area contributed by atoms with Gasteiger partial charge < -0.3 is 10.1 Å². The molecule has 0 fully saturated rings. The molecule has 0 aliphatic rings. The van der Waals surface area contributed by atoms with Crippen molar-refractivity contribution in [2.45, 2.75) is 13.0 Å². The van der Waals surface area contributed by atoms with Crippen molar-refractivity contribution in [1.29, 1.82) is 0 Å². The molecule has 5 heteroatoms. The fourth-order valence-corrected chi connectivity index (χ4v) is 0.972. The molecular weight excluding hydrogens is 204 g/mol. The fraction of sp³-hybridized carbons (Fsp3) is 0.333. The molecule has 14 heavy (non-hydrogen) atoms. The van der Waals surface area contributed by atoms with E-state index >= 15 is 0 Å². The number of methoxy groups -OCH3 is 1. The number of anilines is 1. The van der Waals surface area contributed by atoms with Crippen LogP contribution in [-0.2, 0) is 9.53 Å². The van der Waals surface area contributed by atoms with Gasteiger partial charge in [-0.1, -0.05) is 11.6 Å². The molecule has 1 rings (SSSR count). The first-order chi connectivity index (χ1) is 6.65. The molecule has 0 bridgehead atoms. The maximum absolute atomic E-state index is 11.4. The number of hydrogen-bond donors (Lipinski definition) is 1. The summed E-state index contributed by atoms with van der Waals surface area (Å²) in [5.74, 6) is 0.0798. The Labute approximate surface area is 87.2 Å². The first kappa shape index (κ1) is 10.9. The van der Waals surface area contributed by atoms with Crippen LogP contribution in [0.15, 0.2) is 18.3 Å². The van der Waals surface area contributed by atoms with Crippen LogP contribution >= 0.6 is 11.6 Å². The number of amides is 1. The molecular formula is C9H11ClN2O2. The molecule has 76 valence electrons. The summed E-state index contributed by atoms with van der Waals surface area (Å²) in [5.41, 5.74) is 0. The molecule has 0 aromatic carbocycles. The predicted molar refractivity (Wildman–Crippen MR) is 54.3 cm³/mol. The molecule has 0 aliphatic heterocycles. The van der Waals surface area contributed by atoms with Gasteiger partial charge in [-0.25, -0.2) is 4.98 Å². The number of carbonyl (C=O) groups excluding carboxylic acids is 1. The summed E-state index contributed by atoms with van der Waals surface area (Å²) in [6.45, 7) is 1.65. The number of halogens is 1. The Balaban J connectivity index is 2.70. The average Bonchev–Trinajstić information content (AvgIpc) is 2.20. The van der Waals surface area contributed by atoms with Gasteiger partial charge in [0.15, 0.2) is 5.82 Å². The Morgan fingerprint density at radius 3 is 3.00 bits per heavy atom. The van der Waals surface area contributed by atoms with Crippen molar-refractivity contribution in [3.8, 4) is 0 Å². The van der Waals surface area contributed by atoms with Crippen molar-refractivity contribution in [3.63, 3.8) is 0 Å². The first-order valence-electron chi connectivity index (χ1n) is 4.09. The number of nitrogens with one attached hydrogen (secondary N) is 1. The predicted octanol–water partition coefficient (Wildman–Crippen LogP) is 1.71. The van der Waals surface area contributed by atoms with E-state index in [1.54, 1.807) is 25.3 Å². The fourth-order valence-electron chi connectivity index (χ4n) is 0.803. The quantitative estimate of drug-likeness (QED) is 0.834. The number of pyridine rings is 1. The molecule has 1 amide bonds. The van der Waals surface area contributed by atoms with Crippen molar-refractivity contribution >= 4 is 23.3 Å². The molecule has 1 aromatic rings. The number of nitrogens with zero attached hydrogens (tertiary/aromatic N) is 1. The smallest absolute Gasteiger partial charge is 0.254 e. The third-order valence-corrected chi connectivity index (χ3v) is 2.03. The molecule has 1 aromatic heterocycles. The first-order valence-corrected chi connectivity index (χ1v) is 4.47. The molecule has 0 saturated carbocycles.